The molecule has 0 amide bonds. The number of para-hydroxylation sites is 1. The first-order valence-electron chi connectivity index (χ1n) is 8.50. The number of hydrogen-bond donors (Lipinski definition) is 2. The van der Waals surface area contributed by atoms with Gasteiger partial charge in [0.15, 0.2) is 11.8 Å². The molecule has 0 spiro atoms. The molecule has 0 saturated heterocycles. The van der Waals surface area contributed by atoms with E-state index in [1.807, 2.05) is 34.9 Å². The van der Waals surface area contributed by atoms with E-state index in [2.05, 4.69) is 39.7 Å². The Hall–Kier alpha value is -2.41. The summed E-state index contributed by atoms with van der Waals surface area (Å²) in [7, 11) is 3.54. The van der Waals surface area contributed by atoms with Crippen molar-refractivity contribution in [1.29, 1.82) is 0 Å². The second kappa shape index (κ2) is 7.23. The van der Waals surface area contributed by atoms with Crippen molar-refractivity contribution in [2.75, 3.05) is 14.2 Å². The number of methoxy groups -OCH3 is 1. The van der Waals surface area contributed by atoms with Gasteiger partial charge in [0.1, 0.15) is 6.33 Å². The highest BCUT2D eigenvalue weighted by Gasteiger charge is 2.48. The zero-order valence-corrected chi connectivity index (χ0v) is 15.2. The molecule has 0 aliphatic heterocycles. The molecular formula is C18H26N6O. The highest BCUT2D eigenvalue weighted by atomic mass is 16.5. The van der Waals surface area contributed by atoms with Crippen LogP contribution in [0.4, 0.5) is 0 Å². The smallest absolute Gasteiger partial charge is 0.191 e. The second-order valence-electron chi connectivity index (χ2n) is 6.86. The predicted molar refractivity (Wildman–Crippen MR) is 97.7 cm³/mol. The molecule has 1 saturated carbocycles. The summed E-state index contributed by atoms with van der Waals surface area (Å²) in [6, 6.07) is 10.4. The van der Waals surface area contributed by atoms with Gasteiger partial charge < -0.3 is 15.4 Å². The van der Waals surface area contributed by atoms with Crippen LogP contribution in [-0.2, 0) is 11.3 Å². The van der Waals surface area contributed by atoms with Gasteiger partial charge in [0, 0.05) is 31.3 Å². The van der Waals surface area contributed by atoms with Crippen molar-refractivity contribution in [2.45, 2.75) is 39.0 Å². The second-order valence-corrected chi connectivity index (χ2v) is 6.86. The van der Waals surface area contributed by atoms with Crippen LogP contribution < -0.4 is 10.6 Å². The molecule has 1 heterocycles. The molecule has 3 rings (SSSR count). The zero-order valence-electron chi connectivity index (χ0n) is 15.2. The number of aliphatic imine (C=N–C) groups is 1. The first-order valence-corrected chi connectivity index (χ1v) is 8.50. The molecule has 2 unspecified atom stereocenters. The van der Waals surface area contributed by atoms with E-state index >= 15 is 0 Å². The Kier molecular flexibility index (Phi) is 5.03. The summed E-state index contributed by atoms with van der Waals surface area (Å²) in [5, 5.41) is 15.1. The highest BCUT2D eigenvalue weighted by molar-refractivity contribution is 5.80. The van der Waals surface area contributed by atoms with Gasteiger partial charge >= 0.3 is 0 Å². The molecule has 0 radical (unpaired) electrons. The van der Waals surface area contributed by atoms with Crippen molar-refractivity contribution < 1.29 is 4.74 Å². The zero-order chi connectivity index (χ0) is 17.9. The lowest BCUT2D eigenvalue weighted by molar-refractivity contribution is -0.0922. The van der Waals surface area contributed by atoms with E-state index in [9.17, 15) is 0 Å². The van der Waals surface area contributed by atoms with Crippen LogP contribution in [-0.4, -0.2) is 47.0 Å². The van der Waals surface area contributed by atoms with Crippen LogP contribution in [0.3, 0.4) is 0 Å². The summed E-state index contributed by atoms with van der Waals surface area (Å²) in [6.45, 7) is 4.96. The Morgan fingerprint density at radius 3 is 2.76 bits per heavy atom. The van der Waals surface area contributed by atoms with E-state index in [0.717, 1.165) is 23.9 Å². The molecule has 134 valence electrons. The van der Waals surface area contributed by atoms with Crippen LogP contribution >= 0.6 is 0 Å². The summed E-state index contributed by atoms with van der Waals surface area (Å²) < 4.78 is 7.48. The molecule has 25 heavy (non-hydrogen) atoms. The normalized spacial score (nSPS) is 22.3. The Labute approximate surface area is 148 Å². The summed E-state index contributed by atoms with van der Waals surface area (Å²) >= 11 is 0. The van der Waals surface area contributed by atoms with Gasteiger partial charge in [-0.3, -0.25) is 9.56 Å². The van der Waals surface area contributed by atoms with Gasteiger partial charge in [-0.25, -0.2) is 0 Å². The first-order chi connectivity index (χ1) is 12.1. The molecule has 0 bridgehead atoms. The number of guanidine groups is 1. The average Bonchev–Trinajstić information content (AvgIpc) is 3.10. The number of aromatic nitrogens is 3. The van der Waals surface area contributed by atoms with Gasteiger partial charge in [-0.15, -0.1) is 10.2 Å². The predicted octanol–water partition coefficient (Wildman–Crippen LogP) is 1.75. The van der Waals surface area contributed by atoms with E-state index in [4.69, 9.17) is 4.74 Å². The fraction of sp³-hybridized carbons (Fsp3) is 0.500. The van der Waals surface area contributed by atoms with Crippen LogP contribution in [0.25, 0.3) is 5.69 Å². The maximum atomic E-state index is 5.51. The van der Waals surface area contributed by atoms with Gasteiger partial charge in [-0.2, -0.15) is 0 Å². The van der Waals surface area contributed by atoms with Gasteiger partial charge in [-0.1, -0.05) is 32.0 Å². The molecule has 1 aliphatic carbocycles. The van der Waals surface area contributed by atoms with Crippen LogP contribution in [0.1, 0.15) is 26.1 Å². The van der Waals surface area contributed by atoms with E-state index in [0.29, 0.717) is 12.6 Å². The Bertz CT molecular complexity index is 724. The van der Waals surface area contributed by atoms with Crippen LogP contribution in [0.5, 0.6) is 0 Å². The molecule has 1 fully saturated rings. The van der Waals surface area contributed by atoms with Gasteiger partial charge in [-0.05, 0) is 18.6 Å². The summed E-state index contributed by atoms with van der Waals surface area (Å²) in [5.41, 5.74) is 1.12. The van der Waals surface area contributed by atoms with Crippen LogP contribution in [0, 0.1) is 5.41 Å². The number of nitrogens with zero attached hydrogens (tertiary/aromatic N) is 4. The lowest BCUT2D eigenvalue weighted by Gasteiger charge is -2.51. The largest absolute Gasteiger partial charge is 0.381 e. The number of benzene rings is 1. The van der Waals surface area contributed by atoms with E-state index in [1.54, 1.807) is 20.5 Å². The Morgan fingerprint density at radius 2 is 2.12 bits per heavy atom. The molecule has 1 aliphatic rings. The number of hydrogen-bond acceptors (Lipinski definition) is 4. The fourth-order valence-electron chi connectivity index (χ4n) is 3.24. The maximum Gasteiger partial charge on any atom is 0.191 e. The number of ether oxygens (including phenoxy) is 1. The SMILES string of the molecule is CN=C(NCc1nncn1-c1ccccc1)NC1CC(OC)C1(C)C. The minimum Gasteiger partial charge on any atom is -0.381 e. The monoisotopic (exact) mass is 342 g/mol. The standard InChI is InChI=1S/C18H26N6O/c1-18(2)14(10-15(18)25-4)22-17(19-3)20-11-16-23-21-12-24(16)13-8-6-5-7-9-13/h5-9,12,14-15H,10-11H2,1-4H3,(H2,19,20,22). The van der Waals surface area contributed by atoms with E-state index in [1.165, 1.54) is 0 Å². The molecule has 1 aromatic heterocycles. The molecule has 7 nitrogen and oxygen atoms in total. The molecule has 2 N–H and O–H groups in total. The molecule has 1 aromatic carbocycles. The van der Waals surface area contributed by atoms with Crippen molar-refractivity contribution in [3.8, 4) is 5.69 Å². The van der Waals surface area contributed by atoms with E-state index in [-0.39, 0.29) is 11.5 Å². The lowest BCUT2D eigenvalue weighted by atomic mass is 9.64. The maximum absolute atomic E-state index is 5.51. The van der Waals surface area contributed by atoms with Gasteiger partial charge in [0.25, 0.3) is 0 Å². The highest BCUT2D eigenvalue weighted by Crippen LogP contribution is 2.42. The number of rotatable bonds is 5. The first kappa shape index (κ1) is 17.4. The van der Waals surface area contributed by atoms with Crippen molar-refractivity contribution in [1.82, 2.24) is 25.4 Å². The third kappa shape index (κ3) is 3.51. The van der Waals surface area contributed by atoms with Crippen LogP contribution in [0.2, 0.25) is 0 Å². The van der Waals surface area contributed by atoms with Gasteiger partial charge in [0.05, 0.1) is 12.6 Å². The average molecular weight is 342 g/mol. The van der Waals surface area contributed by atoms with Crippen molar-refractivity contribution in [3.63, 3.8) is 0 Å². The minimum absolute atomic E-state index is 0.0798. The Morgan fingerprint density at radius 1 is 1.36 bits per heavy atom. The van der Waals surface area contributed by atoms with Crippen molar-refractivity contribution in [2.24, 2.45) is 10.4 Å². The topological polar surface area (TPSA) is 76.4 Å². The third-order valence-corrected chi connectivity index (χ3v) is 5.06. The quantitative estimate of drug-likeness (QED) is 0.639. The van der Waals surface area contributed by atoms with E-state index < -0.39 is 0 Å². The molecule has 2 aromatic rings. The van der Waals surface area contributed by atoms with Gasteiger partial charge in [0.2, 0.25) is 0 Å². The summed E-state index contributed by atoms with van der Waals surface area (Å²) in [6.07, 6.45) is 2.98. The van der Waals surface area contributed by atoms with Crippen molar-refractivity contribution >= 4 is 5.96 Å². The molecule has 2 atom stereocenters. The summed E-state index contributed by atoms with van der Waals surface area (Å²) in [5.74, 6) is 1.59. The number of nitrogens with one attached hydrogen (secondary N) is 2. The van der Waals surface area contributed by atoms with Crippen molar-refractivity contribution in [3.05, 3.63) is 42.5 Å². The van der Waals surface area contributed by atoms with Crippen LogP contribution in [0.15, 0.2) is 41.7 Å². The third-order valence-electron chi connectivity index (χ3n) is 5.06. The molecule has 7 heteroatoms. The Balaban J connectivity index is 1.61. The molecular weight excluding hydrogens is 316 g/mol. The lowest BCUT2D eigenvalue weighted by Crippen LogP contribution is -2.63. The minimum atomic E-state index is 0.0798. The summed E-state index contributed by atoms with van der Waals surface area (Å²) in [4.78, 5) is 4.32. The fourth-order valence-corrected chi connectivity index (χ4v) is 3.24.